The van der Waals surface area contributed by atoms with Crippen molar-refractivity contribution in [3.8, 4) is 0 Å². The van der Waals surface area contributed by atoms with Crippen LogP contribution >= 0.6 is 23.1 Å². The molecule has 1 saturated heterocycles. The zero-order chi connectivity index (χ0) is 17.5. The van der Waals surface area contributed by atoms with E-state index < -0.39 is 0 Å². The molecule has 25 heavy (non-hydrogen) atoms. The smallest absolute Gasteiger partial charge is 0.240 e. The SMILES string of the molecule is CCSc1nnc(NC(=O)CN2CCN(CCn3ccnc3)CC2)s1. The summed E-state index contributed by atoms with van der Waals surface area (Å²) in [6.45, 7) is 8.23. The van der Waals surface area contributed by atoms with E-state index >= 15 is 0 Å². The normalized spacial score (nSPS) is 16.2. The molecule has 0 radical (unpaired) electrons. The van der Waals surface area contributed by atoms with Crippen molar-refractivity contribution in [2.75, 3.05) is 50.3 Å². The van der Waals surface area contributed by atoms with Crippen molar-refractivity contribution in [2.45, 2.75) is 17.8 Å². The molecular formula is C15H23N7OS2. The molecule has 0 spiro atoms. The van der Waals surface area contributed by atoms with Crippen molar-refractivity contribution < 1.29 is 4.79 Å². The van der Waals surface area contributed by atoms with Gasteiger partial charge < -0.3 is 4.57 Å². The number of anilines is 1. The third-order valence-electron chi connectivity index (χ3n) is 3.99. The Morgan fingerprint density at radius 2 is 2.04 bits per heavy atom. The highest BCUT2D eigenvalue weighted by Gasteiger charge is 2.19. The van der Waals surface area contributed by atoms with E-state index in [1.54, 1.807) is 18.0 Å². The third-order valence-corrected chi connectivity index (χ3v) is 5.84. The minimum Gasteiger partial charge on any atom is -0.336 e. The molecule has 0 bridgehead atoms. The van der Waals surface area contributed by atoms with E-state index in [0.717, 1.165) is 49.4 Å². The van der Waals surface area contributed by atoms with Crippen molar-refractivity contribution in [3.63, 3.8) is 0 Å². The summed E-state index contributed by atoms with van der Waals surface area (Å²) >= 11 is 3.06. The second kappa shape index (κ2) is 9.27. The summed E-state index contributed by atoms with van der Waals surface area (Å²) in [6.07, 6.45) is 5.63. The van der Waals surface area contributed by atoms with Gasteiger partial charge in [0.2, 0.25) is 11.0 Å². The molecular weight excluding hydrogens is 358 g/mol. The van der Waals surface area contributed by atoms with Crippen molar-refractivity contribution >= 4 is 34.1 Å². The Morgan fingerprint density at radius 3 is 2.76 bits per heavy atom. The maximum Gasteiger partial charge on any atom is 0.240 e. The van der Waals surface area contributed by atoms with Gasteiger partial charge in [0.25, 0.3) is 0 Å². The number of hydrogen-bond donors (Lipinski definition) is 1. The maximum atomic E-state index is 12.2. The molecule has 0 aromatic carbocycles. The first-order chi connectivity index (χ1) is 12.2. The highest BCUT2D eigenvalue weighted by atomic mass is 32.2. The van der Waals surface area contributed by atoms with Crippen LogP contribution in [0.4, 0.5) is 5.13 Å². The molecule has 1 fully saturated rings. The Kier molecular flexibility index (Phi) is 6.79. The highest BCUT2D eigenvalue weighted by Crippen LogP contribution is 2.24. The molecule has 10 heteroatoms. The predicted octanol–water partition coefficient (Wildman–Crippen LogP) is 1.10. The summed E-state index contributed by atoms with van der Waals surface area (Å²) < 4.78 is 2.98. The standard InChI is InChI=1S/C15H23N7OS2/c1-2-24-15-19-18-14(25-15)17-13(23)11-21-8-5-20(6-9-21)7-10-22-4-3-16-12-22/h3-4,12H,2,5-11H2,1H3,(H,17,18,23). The minimum absolute atomic E-state index is 0.0175. The molecule has 3 heterocycles. The van der Waals surface area contributed by atoms with Gasteiger partial charge in [-0.3, -0.25) is 19.9 Å². The monoisotopic (exact) mass is 381 g/mol. The molecule has 1 N–H and O–H groups in total. The number of piperazine rings is 1. The number of carbonyl (C=O) groups excluding carboxylic acids is 1. The van der Waals surface area contributed by atoms with Crippen molar-refractivity contribution in [1.82, 2.24) is 29.5 Å². The molecule has 0 aliphatic carbocycles. The summed E-state index contributed by atoms with van der Waals surface area (Å²) in [4.78, 5) is 20.8. The second-order valence-electron chi connectivity index (χ2n) is 5.77. The first kappa shape index (κ1) is 18.3. The zero-order valence-electron chi connectivity index (χ0n) is 14.3. The number of amides is 1. The summed E-state index contributed by atoms with van der Waals surface area (Å²) in [5.74, 6) is 0.935. The quantitative estimate of drug-likeness (QED) is 0.542. The van der Waals surface area contributed by atoms with E-state index in [0.29, 0.717) is 11.7 Å². The molecule has 3 rings (SSSR count). The van der Waals surface area contributed by atoms with E-state index in [2.05, 4.69) is 41.8 Å². The fraction of sp³-hybridized carbons (Fsp3) is 0.600. The number of carbonyl (C=O) groups is 1. The van der Waals surface area contributed by atoms with Gasteiger partial charge in [0, 0.05) is 51.7 Å². The largest absolute Gasteiger partial charge is 0.336 e. The summed E-state index contributed by atoms with van der Waals surface area (Å²) in [5.41, 5.74) is 0. The first-order valence-electron chi connectivity index (χ1n) is 8.39. The summed E-state index contributed by atoms with van der Waals surface area (Å²) in [6, 6.07) is 0. The van der Waals surface area contributed by atoms with Gasteiger partial charge in [0.15, 0.2) is 4.34 Å². The number of nitrogens with zero attached hydrogens (tertiary/aromatic N) is 6. The molecule has 0 unspecified atom stereocenters. The van der Waals surface area contributed by atoms with E-state index in [1.165, 1.54) is 11.3 Å². The highest BCUT2D eigenvalue weighted by molar-refractivity contribution is 8.01. The van der Waals surface area contributed by atoms with Gasteiger partial charge in [-0.25, -0.2) is 4.98 Å². The van der Waals surface area contributed by atoms with Gasteiger partial charge in [-0.2, -0.15) is 0 Å². The van der Waals surface area contributed by atoms with Crippen LogP contribution in [0.2, 0.25) is 0 Å². The Morgan fingerprint density at radius 1 is 1.24 bits per heavy atom. The van der Waals surface area contributed by atoms with Crippen LogP contribution in [0.3, 0.4) is 0 Å². The first-order valence-corrected chi connectivity index (χ1v) is 10.2. The number of rotatable bonds is 8. The van der Waals surface area contributed by atoms with Crippen LogP contribution in [0.25, 0.3) is 0 Å². The summed E-state index contributed by atoms with van der Waals surface area (Å²) in [7, 11) is 0. The third kappa shape index (κ3) is 5.77. The van der Waals surface area contributed by atoms with E-state index in [9.17, 15) is 4.79 Å². The molecule has 8 nitrogen and oxygen atoms in total. The predicted molar refractivity (Wildman–Crippen MR) is 100 cm³/mol. The number of thioether (sulfide) groups is 1. The fourth-order valence-electron chi connectivity index (χ4n) is 2.65. The average molecular weight is 382 g/mol. The van der Waals surface area contributed by atoms with E-state index in [-0.39, 0.29) is 5.91 Å². The lowest BCUT2D eigenvalue weighted by atomic mass is 10.3. The van der Waals surface area contributed by atoms with Gasteiger partial charge >= 0.3 is 0 Å². The fourth-order valence-corrected chi connectivity index (χ4v) is 4.32. The molecule has 2 aromatic heterocycles. The molecule has 136 valence electrons. The molecule has 0 saturated carbocycles. The number of aromatic nitrogens is 4. The number of imidazole rings is 1. The molecule has 2 aromatic rings. The second-order valence-corrected chi connectivity index (χ2v) is 8.26. The van der Waals surface area contributed by atoms with Crippen LogP contribution in [0, 0.1) is 0 Å². The number of hydrogen-bond acceptors (Lipinski definition) is 8. The van der Waals surface area contributed by atoms with Crippen LogP contribution in [0.15, 0.2) is 23.1 Å². The maximum absolute atomic E-state index is 12.2. The average Bonchev–Trinajstić information content (AvgIpc) is 3.27. The van der Waals surface area contributed by atoms with Gasteiger partial charge in [-0.1, -0.05) is 30.0 Å². The topological polar surface area (TPSA) is 79.2 Å². The van der Waals surface area contributed by atoms with Gasteiger partial charge in [0.1, 0.15) is 0 Å². The Labute approximate surface area is 155 Å². The Balaban J connectivity index is 1.35. The molecule has 1 aliphatic rings. The van der Waals surface area contributed by atoms with Crippen molar-refractivity contribution in [2.24, 2.45) is 0 Å². The van der Waals surface area contributed by atoms with Crippen LogP contribution in [-0.2, 0) is 11.3 Å². The van der Waals surface area contributed by atoms with Crippen molar-refractivity contribution in [1.29, 1.82) is 0 Å². The zero-order valence-corrected chi connectivity index (χ0v) is 15.9. The van der Waals surface area contributed by atoms with Crippen LogP contribution in [-0.4, -0.2) is 80.5 Å². The summed E-state index contributed by atoms with van der Waals surface area (Å²) in [5, 5.41) is 11.5. The van der Waals surface area contributed by atoms with Gasteiger partial charge in [-0.15, -0.1) is 10.2 Å². The molecule has 1 amide bonds. The van der Waals surface area contributed by atoms with Crippen molar-refractivity contribution in [3.05, 3.63) is 18.7 Å². The van der Waals surface area contributed by atoms with Crippen LogP contribution in [0.5, 0.6) is 0 Å². The lowest BCUT2D eigenvalue weighted by Gasteiger charge is -2.34. The van der Waals surface area contributed by atoms with Gasteiger partial charge in [0.05, 0.1) is 12.9 Å². The lowest BCUT2D eigenvalue weighted by molar-refractivity contribution is -0.117. The Bertz CT molecular complexity index is 653. The number of nitrogens with one attached hydrogen (secondary N) is 1. The molecule has 0 atom stereocenters. The van der Waals surface area contributed by atoms with Crippen LogP contribution in [0.1, 0.15) is 6.92 Å². The minimum atomic E-state index is -0.0175. The van der Waals surface area contributed by atoms with Gasteiger partial charge in [-0.05, 0) is 5.75 Å². The molecule has 1 aliphatic heterocycles. The van der Waals surface area contributed by atoms with E-state index in [4.69, 9.17) is 0 Å². The van der Waals surface area contributed by atoms with Crippen LogP contribution < -0.4 is 5.32 Å². The van der Waals surface area contributed by atoms with E-state index in [1.807, 2.05) is 12.5 Å². The lowest BCUT2D eigenvalue weighted by Crippen LogP contribution is -2.49. The Hall–Kier alpha value is -1.49.